The smallest absolute Gasteiger partial charge is 0.390 e. The first-order chi connectivity index (χ1) is 9.35. The van der Waals surface area contributed by atoms with E-state index in [9.17, 15) is 9.67 Å². The van der Waals surface area contributed by atoms with Crippen molar-refractivity contribution < 1.29 is 24.0 Å². The van der Waals surface area contributed by atoms with E-state index in [1.54, 1.807) is 6.92 Å². The third-order valence-corrected chi connectivity index (χ3v) is 3.19. The lowest BCUT2D eigenvalue weighted by molar-refractivity contribution is 0.0845. The van der Waals surface area contributed by atoms with Crippen molar-refractivity contribution in [2.45, 2.75) is 19.4 Å². The van der Waals surface area contributed by atoms with Gasteiger partial charge < -0.3 is 14.9 Å². The fraction of sp³-hybridized carbons (Fsp3) is 0.333. The molecule has 2 rings (SSSR count). The van der Waals surface area contributed by atoms with Gasteiger partial charge in [0.1, 0.15) is 0 Å². The van der Waals surface area contributed by atoms with Gasteiger partial charge in [-0.15, -0.1) is 0 Å². The van der Waals surface area contributed by atoms with Gasteiger partial charge in [0.25, 0.3) is 0 Å². The predicted molar refractivity (Wildman–Crippen MR) is 72.0 cm³/mol. The molecule has 0 radical (unpaired) electrons. The van der Waals surface area contributed by atoms with E-state index in [2.05, 4.69) is 14.5 Å². The van der Waals surface area contributed by atoms with Crippen molar-refractivity contribution in [2.75, 3.05) is 6.61 Å². The van der Waals surface area contributed by atoms with Gasteiger partial charge in [-0.25, -0.2) is 14.5 Å². The molecule has 0 aliphatic heterocycles. The summed E-state index contributed by atoms with van der Waals surface area (Å²) in [4.78, 5) is 25.9. The summed E-state index contributed by atoms with van der Waals surface area (Å²) in [6.07, 6.45) is -0.944. The summed E-state index contributed by atoms with van der Waals surface area (Å²) in [5.74, 6) is 0. The van der Waals surface area contributed by atoms with E-state index in [1.807, 2.05) is 24.3 Å². The van der Waals surface area contributed by atoms with Crippen LogP contribution in [0.1, 0.15) is 11.4 Å². The van der Waals surface area contributed by atoms with Gasteiger partial charge in [0.15, 0.2) is 0 Å². The van der Waals surface area contributed by atoms with Crippen molar-refractivity contribution in [1.82, 2.24) is 9.97 Å². The zero-order chi connectivity index (χ0) is 14.8. The molecule has 0 saturated heterocycles. The van der Waals surface area contributed by atoms with Crippen molar-refractivity contribution in [3.05, 3.63) is 35.7 Å². The molecule has 0 aliphatic rings. The van der Waals surface area contributed by atoms with Crippen LogP contribution in [0.25, 0.3) is 11.0 Å². The molecule has 3 N–H and O–H groups in total. The number of para-hydroxylation sites is 2. The van der Waals surface area contributed by atoms with Crippen molar-refractivity contribution in [3.63, 3.8) is 0 Å². The SMILES string of the molecule is Cc1nc2ccccc2nc1CC(O)COP(=O)(O)O. The summed E-state index contributed by atoms with van der Waals surface area (Å²) in [6, 6.07) is 7.35. The number of aryl methyl sites for hydroxylation is 1. The minimum absolute atomic E-state index is 0.115. The molecule has 0 fully saturated rings. The fourth-order valence-corrected chi connectivity index (χ4v) is 2.15. The molecule has 1 aromatic carbocycles. The second-order valence-electron chi connectivity index (χ2n) is 4.39. The van der Waals surface area contributed by atoms with Crippen LogP contribution in [0.4, 0.5) is 0 Å². The first-order valence-corrected chi connectivity index (χ1v) is 7.48. The highest BCUT2D eigenvalue weighted by Crippen LogP contribution is 2.35. The Morgan fingerprint density at radius 2 is 1.85 bits per heavy atom. The number of hydrogen-bond acceptors (Lipinski definition) is 5. The molecule has 108 valence electrons. The Hall–Kier alpha value is -1.37. The number of phosphoric ester groups is 1. The van der Waals surface area contributed by atoms with Crippen LogP contribution in [-0.2, 0) is 15.5 Å². The maximum absolute atomic E-state index is 10.6. The van der Waals surface area contributed by atoms with Gasteiger partial charge in [0.05, 0.1) is 35.1 Å². The monoisotopic (exact) mass is 298 g/mol. The second kappa shape index (κ2) is 5.95. The lowest BCUT2D eigenvalue weighted by atomic mass is 10.1. The molecule has 20 heavy (non-hydrogen) atoms. The third-order valence-electron chi connectivity index (χ3n) is 2.71. The Bertz CT molecular complexity index is 657. The summed E-state index contributed by atoms with van der Waals surface area (Å²) in [6.45, 7) is 1.31. The average molecular weight is 298 g/mol. The van der Waals surface area contributed by atoms with E-state index in [-0.39, 0.29) is 6.42 Å². The Morgan fingerprint density at radius 3 is 2.45 bits per heavy atom. The van der Waals surface area contributed by atoms with Crippen molar-refractivity contribution in [3.8, 4) is 0 Å². The molecule has 0 saturated carbocycles. The van der Waals surface area contributed by atoms with Crippen LogP contribution >= 0.6 is 7.82 Å². The minimum Gasteiger partial charge on any atom is -0.390 e. The first-order valence-electron chi connectivity index (χ1n) is 5.95. The van der Waals surface area contributed by atoms with E-state index < -0.39 is 20.5 Å². The normalized spacial score (nSPS) is 13.6. The average Bonchev–Trinajstić information content (AvgIpc) is 2.36. The van der Waals surface area contributed by atoms with Gasteiger partial charge in [-0.05, 0) is 19.1 Å². The van der Waals surface area contributed by atoms with E-state index in [0.29, 0.717) is 16.9 Å². The quantitative estimate of drug-likeness (QED) is 0.704. The van der Waals surface area contributed by atoms with Crippen LogP contribution in [0.2, 0.25) is 0 Å². The number of fused-ring (bicyclic) bond motifs is 1. The van der Waals surface area contributed by atoms with Crippen LogP contribution in [0.15, 0.2) is 24.3 Å². The summed E-state index contributed by atoms with van der Waals surface area (Å²) < 4.78 is 14.8. The van der Waals surface area contributed by atoms with Gasteiger partial charge in [-0.1, -0.05) is 12.1 Å². The minimum atomic E-state index is -4.57. The van der Waals surface area contributed by atoms with Gasteiger partial charge in [-0.2, -0.15) is 0 Å². The topological polar surface area (TPSA) is 113 Å². The van der Waals surface area contributed by atoms with Gasteiger partial charge in [-0.3, -0.25) is 4.52 Å². The van der Waals surface area contributed by atoms with Gasteiger partial charge >= 0.3 is 7.82 Å². The molecular formula is C12H15N2O5P. The fourth-order valence-electron chi connectivity index (χ4n) is 1.78. The highest BCUT2D eigenvalue weighted by Gasteiger charge is 2.18. The molecule has 8 heteroatoms. The highest BCUT2D eigenvalue weighted by atomic mass is 31.2. The summed E-state index contributed by atoms with van der Waals surface area (Å²) in [5.41, 5.74) is 2.70. The molecule has 1 aromatic heterocycles. The number of rotatable bonds is 5. The van der Waals surface area contributed by atoms with Crippen LogP contribution < -0.4 is 0 Å². The van der Waals surface area contributed by atoms with E-state index in [0.717, 1.165) is 5.52 Å². The molecule has 2 aromatic rings. The number of hydrogen-bond donors (Lipinski definition) is 3. The van der Waals surface area contributed by atoms with Gasteiger partial charge in [0.2, 0.25) is 0 Å². The number of aromatic nitrogens is 2. The zero-order valence-electron chi connectivity index (χ0n) is 10.8. The van der Waals surface area contributed by atoms with E-state index >= 15 is 0 Å². The summed E-state index contributed by atoms with van der Waals surface area (Å²) in [7, 11) is -4.57. The molecule has 1 unspecified atom stereocenters. The molecule has 1 heterocycles. The molecule has 0 aliphatic carbocycles. The summed E-state index contributed by atoms with van der Waals surface area (Å²) >= 11 is 0. The maximum Gasteiger partial charge on any atom is 0.469 e. The van der Waals surface area contributed by atoms with Crippen molar-refractivity contribution in [2.24, 2.45) is 0 Å². The number of aliphatic hydroxyl groups excluding tert-OH is 1. The Balaban J connectivity index is 2.12. The second-order valence-corrected chi connectivity index (χ2v) is 5.63. The Morgan fingerprint density at radius 1 is 1.25 bits per heavy atom. The van der Waals surface area contributed by atoms with E-state index in [4.69, 9.17) is 9.79 Å². The lowest BCUT2D eigenvalue weighted by Crippen LogP contribution is -2.19. The Labute approximate surface area is 115 Å². The number of phosphoric acid groups is 1. The number of aliphatic hydroxyl groups is 1. The molecule has 0 bridgehead atoms. The van der Waals surface area contributed by atoms with Crippen molar-refractivity contribution >= 4 is 18.9 Å². The molecular weight excluding hydrogens is 283 g/mol. The largest absolute Gasteiger partial charge is 0.469 e. The van der Waals surface area contributed by atoms with Crippen LogP contribution in [0.5, 0.6) is 0 Å². The number of benzene rings is 1. The molecule has 0 spiro atoms. The van der Waals surface area contributed by atoms with Gasteiger partial charge in [0, 0.05) is 6.42 Å². The van der Waals surface area contributed by atoms with Crippen molar-refractivity contribution in [1.29, 1.82) is 0 Å². The lowest BCUT2D eigenvalue weighted by Gasteiger charge is -2.13. The van der Waals surface area contributed by atoms with E-state index in [1.165, 1.54) is 0 Å². The maximum atomic E-state index is 10.6. The summed E-state index contributed by atoms with van der Waals surface area (Å²) in [5, 5.41) is 9.73. The predicted octanol–water partition coefficient (Wildman–Crippen LogP) is 0.951. The van der Waals surface area contributed by atoms with Crippen LogP contribution in [0, 0.1) is 6.92 Å². The first kappa shape index (κ1) is 15.0. The standard InChI is InChI=1S/C12H15N2O5P/c1-8-12(6-9(15)7-19-20(16,17)18)14-11-5-3-2-4-10(11)13-8/h2-5,9,15H,6-7H2,1H3,(H2,16,17,18). The number of nitrogens with zero attached hydrogens (tertiary/aromatic N) is 2. The van der Waals surface area contributed by atoms with Crippen LogP contribution in [-0.4, -0.2) is 37.6 Å². The molecule has 7 nitrogen and oxygen atoms in total. The van der Waals surface area contributed by atoms with Crippen LogP contribution in [0.3, 0.4) is 0 Å². The molecule has 0 amide bonds. The Kier molecular flexibility index (Phi) is 4.47. The zero-order valence-corrected chi connectivity index (χ0v) is 11.7. The highest BCUT2D eigenvalue weighted by molar-refractivity contribution is 7.46. The molecule has 1 atom stereocenters. The third kappa shape index (κ3) is 4.06.